The van der Waals surface area contributed by atoms with E-state index in [0.717, 1.165) is 0 Å². The maximum absolute atomic E-state index is 8.74. The summed E-state index contributed by atoms with van der Waals surface area (Å²) < 4.78 is 8.74. The molecule has 2 N–H and O–H groups in total. The van der Waals surface area contributed by atoms with Crippen molar-refractivity contribution in [1.29, 1.82) is 0 Å². The summed E-state index contributed by atoms with van der Waals surface area (Å²) in [5.41, 5.74) is 0. The molecule has 3 nitrogen and oxygen atoms in total. The molecule has 0 bridgehead atoms. The number of hydrogen-bond donors (Lipinski definition) is 2. The number of hydrogen-bond acceptors (Lipinski definition) is 1. The first kappa shape index (κ1) is 11.9. The van der Waals surface area contributed by atoms with Crippen molar-refractivity contribution >= 4 is 8.25 Å². The second-order valence-electron chi connectivity index (χ2n) is 1.64. The van der Waals surface area contributed by atoms with E-state index in [9.17, 15) is 0 Å². The second-order valence-corrected chi connectivity index (χ2v) is 2.20. The van der Waals surface area contributed by atoms with Gasteiger partial charge in [0.1, 0.15) is 0 Å². The molecular formula is C5H15O3P. The average molecular weight is 154 g/mol. The van der Waals surface area contributed by atoms with Crippen LogP contribution in [0.1, 0.15) is 33.1 Å². The van der Waals surface area contributed by atoms with Crippen molar-refractivity contribution in [3.05, 3.63) is 0 Å². The molecule has 0 saturated carbocycles. The Kier molecular flexibility index (Phi) is 14.6. The van der Waals surface area contributed by atoms with Gasteiger partial charge < -0.3 is 9.79 Å². The largest absolute Gasteiger partial charge is 0.326 e. The molecule has 0 aliphatic carbocycles. The van der Waals surface area contributed by atoms with Crippen molar-refractivity contribution in [3.63, 3.8) is 0 Å². The van der Waals surface area contributed by atoms with Gasteiger partial charge in [-0.3, -0.25) is 4.57 Å². The molecule has 0 amide bonds. The lowest BCUT2D eigenvalue weighted by Gasteiger charge is -1.79. The maximum atomic E-state index is 8.74. The van der Waals surface area contributed by atoms with E-state index in [1.807, 2.05) is 0 Å². The topological polar surface area (TPSA) is 57.5 Å². The molecule has 0 spiro atoms. The molecule has 0 fully saturated rings. The lowest BCUT2D eigenvalue weighted by atomic mass is 10.3. The molecule has 0 atom stereocenters. The van der Waals surface area contributed by atoms with Gasteiger partial charge in [-0.05, 0) is 0 Å². The van der Waals surface area contributed by atoms with E-state index in [0.29, 0.717) is 0 Å². The van der Waals surface area contributed by atoms with Crippen molar-refractivity contribution in [2.45, 2.75) is 33.1 Å². The highest BCUT2D eigenvalue weighted by Gasteiger charge is 1.68. The summed E-state index contributed by atoms with van der Waals surface area (Å²) in [5, 5.41) is 0. The summed E-state index contributed by atoms with van der Waals surface area (Å²) >= 11 is 0. The lowest BCUT2D eigenvalue weighted by molar-refractivity contribution is 0.405. The van der Waals surface area contributed by atoms with Crippen LogP contribution in [-0.2, 0) is 4.57 Å². The first-order chi connectivity index (χ1) is 4.15. The molecule has 0 aliphatic heterocycles. The Morgan fingerprint density at radius 3 is 1.44 bits per heavy atom. The molecule has 0 saturated heterocycles. The summed E-state index contributed by atoms with van der Waals surface area (Å²) in [6.07, 6.45) is 4.08. The predicted octanol–water partition coefficient (Wildman–Crippen LogP) is 1.56. The van der Waals surface area contributed by atoms with Crippen molar-refractivity contribution in [2.24, 2.45) is 0 Å². The zero-order chi connectivity index (χ0) is 7.70. The van der Waals surface area contributed by atoms with Gasteiger partial charge in [-0.2, -0.15) is 0 Å². The highest BCUT2D eigenvalue weighted by molar-refractivity contribution is 7.30. The van der Waals surface area contributed by atoms with Crippen LogP contribution in [0.15, 0.2) is 0 Å². The van der Waals surface area contributed by atoms with E-state index in [1.54, 1.807) is 0 Å². The zero-order valence-electron chi connectivity index (χ0n) is 5.92. The third kappa shape index (κ3) is 66.7. The summed E-state index contributed by atoms with van der Waals surface area (Å²) in [6, 6.07) is 0. The molecule has 0 aromatic rings. The molecular weight excluding hydrogens is 139 g/mol. The van der Waals surface area contributed by atoms with E-state index in [-0.39, 0.29) is 0 Å². The van der Waals surface area contributed by atoms with Crippen LogP contribution in [0.4, 0.5) is 0 Å². The molecule has 0 unspecified atom stereocenters. The van der Waals surface area contributed by atoms with Crippen LogP contribution in [0.2, 0.25) is 0 Å². The van der Waals surface area contributed by atoms with Gasteiger partial charge in [0.2, 0.25) is 0 Å². The third-order valence-corrected chi connectivity index (χ3v) is 0.707. The number of rotatable bonds is 2. The molecule has 0 aromatic carbocycles. The van der Waals surface area contributed by atoms with Gasteiger partial charge in [-0.1, -0.05) is 33.1 Å². The molecule has 58 valence electrons. The van der Waals surface area contributed by atoms with Crippen molar-refractivity contribution in [3.8, 4) is 0 Å². The van der Waals surface area contributed by atoms with Gasteiger partial charge in [0.05, 0.1) is 0 Å². The molecule has 0 rings (SSSR count). The Labute approximate surface area is 56.7 Å². The van der Waals surface area contributed by atoms with Crippen LogP contribution >= 0.6 is 8.25 Å². The number of unbranched alkanes of at least 4 members (excludes halogenated alkanes) is 2. The Hall–Kier alpha value is 0.150. The van der Waals surface area contributed by atoms with Gasteiger partial charge >= 0.3 is 8.25 Å². The Morgan fingerprint density at radius 1 is 1.22 bits per heavy atom. The highest BCUT2D eigenvalue weighted by atomic mass is 31.1. The minimum absolute atomic E-state index is 1.34. The Morgan fingerprint density at radius 2 is 1.44 bits per heavy atom. The van der Waals surface area contributed by atoms with Crippen LogP contribution in [-0.4, -0.2) is 9.79 Å². The molecule has 0 aromatic heterocycles. The fourth-order valence-corrected chi connectivity index (χ4v) is 0.354. The normalized spacial score (nSPS) is 8.56. The van der Waals surface area contributed by atoms with Crippen molar-refractivity contribution in [2.75, 3.05) is 0 Å². The minimum Gasteiger partial charge on any atom is -0.326 e. The van der Waals surface area contributed by atoms with Crippen molar-refractivity contribution in [1.82, 2.24) is 0 Å². The average Bonchev–Trinajstić information content (AvgIpc) is 1.66. The van der Waals surface area contributed by atoms with Crippen LogP contribution in [0.5, 0.6) is 0 Å². The molecule has 9 heavy (non-hydrogen) atoms. The smallest absolute Gasteiger partial charge is 0.314 e. The van der Waals surface area contributed by atoms with E-state index >= 15 is 0 Å². The summed E-state index contributed by atoms with van der Waals surface area (Å²) in [5.74, 6) is 0. The van der Waals surface area contributed by atoms with Gasteiger partial charge in [0.25, 0.3) is 0 Å². The monoisotopic (exact) mass is 154 g/mol. The van der Waals surface area contributed by atoms with Gasteiger partial charge in [0.15, 0.2) is 0 Å². The molecule has 4 heteroatoms. The van der Waals surface area contributed by atoms with Crippen molar-refractivity contribution < 1.29 is 14.4 Å². The van der Waals surface area contributed by atoms with E-state index < -0.39 is 8.25 Å². The van der Waals surface area contributed by atoms with Crippen LogP contribution < -0.4 is 0 Å². The molecule has 0 radical (unpaired) electrons. The maximum Gasteiger partial charge on any atom is 0.314 e. The summed E-state index contributed by atoms with van der Waals surface area (Å²) in [6.45, 7) is 4.42. The van der Waals surface area contributed by atoms with E-state index in [1.165, 1.54) is 19.3 Å². The molecule has 0 heterocycles. The van der Waals surface area contributed by atoms with Gasteiger partial charge in [0, 0.05) is 0 Å². The van der Waals surface area contributed by atoms with E-state index in [2.05, 4.69) is 13.8 Å². The molecule has 0 aliphatic rings. The Bertz CT molecular complexity index is 59.2. The Balaban J connectivity index is 0. The van der Waals surface area contributed by atoms with E-state index in [4.69, 9.17) is 14.4 Å². The fraction of sp³-hybridized carbons (Fsp3) is 1.00. The second kappa shape index (κ2) is 11.0. The van der Waals surface area contributed by atoms with Crippen LogP contribution in [0.3, 0.4) is 0 Å². The fourth-order valence-electron chi connectivity index (χ4n) is 0.354. The predicted molar refractivity (Wildman–Crippen MR) is 38.6 cm³/mol. The van der Waals surface area contributed by atoms with Gasteiger partial charge in [-0.25, -0.2) is 0 Å². The van der Waals surface area contributed by atoms with Crippen LogP contribution in [0, 0.1) is 0 Å². The first-order valence-corrected chi connectivity index (χ1v) is 4.37. The highest BCUT2D eigenvalue weighted by Crippen LogP contribution is 1.98. The summed E-state index contributed by atoms with van der Waals surface area (Å²) in [4.78, 5) is 14.3. The SMILES string of the molecule is CCCCC.O=[PH](O)O. The van der Waals surface area contributed by atoms with Crippen LogP contribution in [0.25, 0.3) is 0 Å². The third-order valence-electron chi connectivity index (χ3n) is 0.707. The van der Waals surface area contributed by atoms with Gasteiger partial charge in [-0.15, -0.1) is 0 Å². The lowest BCUT2D eigenvalue weighted by Crippen LogP contribution is -1.59. The quantitative estimate of drug-likeness (QED) is 0.593. The standard InChI is InChI=1S/C5H12.H3O3P/c1-3-5-4-2;1-4(2)3/h3-5H2,1-2H3;4H,(H2,1,2,3). The summed E-state index contributed by atoms with van der Waals surface area (Å²) in [7, 11) is -3.13. The minimum atomic E-state index is -3.13. The first-order valence-electron chi connectivity index (χ1n) is 3.07. The zero-order valence-corrected chi connectivity index (χ0v) is 6.92.